The first-order valence-corrected chi connectivity index (χ1v) is 8.80. The van der Waals surface area contributed by atoms with Crippen molar-refractivity contribution in [2.75, 3.05) is 20.8 Å². The van der Waals surface area contributed by atoms with Gasteiger partial charge in [-0.25, -0.2) is 4.31 Å². The van der Waals surface area contributed by atoms with Crippen molar-refractivity contribution < 1.29 is 17.9 Å². The molecule has 4 nitrogen and oxygen atoms in total. The minimum absolute atomic E-state index is 0.0876. The van der Waals surface area contributed by atoms with Crippen LogP contribution in [0.15, 0.2) is 52.3 Å². The Morgan fingerprint density at radius 2 is 1.88 bits per heavy atom. The Morgan fingerprint density at radius 3 is 2.46 bits per heavy atom. The number of hydrogen-bond acceptors (Lipinski definition) is 4. The van der Waals surface area contributed by atoms with Crippen LogP contribution in [-0.4, -0.2) is 35.8 Å². The van der Waals surface area contributed by atoms with Crippen LogP contribution >= 0.6 is 23.5 Å². The lowest BCUT2D eigenvalue weighted by Crippen LogP contribution is -2.32. The average Bonchev–Trinajstić information content (AvgIpc) is 2.56. The minimum atomic E-state index is -4.47. The van der Waals surface area contributed by atoms with Gasteiger partial charge in [-0.15, -0.1) is 0 Å². The molecule has 0 saturated carbocycles. The lowest BCUT2D eigenvalue weighted by Gasteiger charge is -2.29. The summed E-state index contributed by atoms with van der Waals surface area (Å²) in [5, 5.41) is 0.371. The van der Waals surface area contributed by atoms with E-state index in [1.54, 1.807) is 0 Å². The zero-order valence-electron chi connectivity index (χ0n) is 14.2. The molecule has 1 aromatic heterocycles. The third kappa shape index (κ3) is 5.51. The zero-order chi connectivity index (χ0) is 19.3. The molecule has 1 atom stereocenters. The summed E-state index contributed by atoms with van der Waals surface area (Å²) in [5.74, 6) is 0. The smallest absolute Gasteiger partial charge is 0.383 e. The van der Waals surface area contributed by atoms with Crippen LogP contribution in [0.25, 0.3) is 0 Å². The van der Waals surface area contributed by atoms with Gasteiger partial charge in [-0.2, -0.15) is 13.2 Å². The second-order valence-electron chi connectivity index (χ2n) is 5.52. The Hall–Kier alpha value is -1.48. The van der Waals surface area contributed by atoms with Gasteiger partial charge in [0.1, 0.15) is 6.04 Å². The molecule has 2 aromatic rings. The van der Waals surface area contributed by atoms with E-state index in [0.29, 0.717) is 23.1 Å². The fourth-order valence-corrected chi connectivity index (χ4v) is 3.51. The maximum atomic E-state index is 13.6. The van der Waals surface area contributed by atoms with Gasteiger partial charge in [-0.3, -0.25) is 4.79 Å². The topological polar surface area (TPSA) is 34.5 Å². The highest BCUT2D eigenvalue weighted by atomic mass is 35.5. The fourth-order valence-electron chi connectivity index (χ4n) is 2.40. The highest BCUT2D eigenvalue weighted by molar-refractivity contribution is 7.97. The monoisotopic (exact) mass is 406 g/mol. The van der Waals surface area contributed by atoms with E-state index in [0.717, 1.165) is 16.3 Å². The predicted molar refractivity (Wildman–Crippen MR) is 96.4 cm³/mol. The lowest BCUT2D eigenvalue weighted by atomic mass is 10.1. The van der Waals surface area contributed by atoms with Gasteiger partial charge in [0.05, 0.1) is 6.61 Å². The van der Waals surface area contributed by atoms with Crippen LogP contribution in [0.3, 0.4) is 0 Å². The molecule has 9 heteroatoms. The predicted octanol–water partition coefficient (Wildman–Crippen LogP) is 4.39. The van der Waals surface area contributed by atoms with Crippen LogP contribution in [0, 0.1) is 0 Å². The number of alkyl halides is 3. The highest BCUT2D eigenvalue weighted by Crippen LogP contribution is 2.41. The second-order valence-corrected chi connectivity index (χ2v) is 7.19. The van der Waals surface area contributed by atoms with Crippen molar-refractivity contribution in [3.63, 3.8) is 0 Å². The number of methoxy groups -OCH3 is 1. The molecule has 0 aliphatic heterocycles. The van der Waals surface area contributed by atoms with Gasteiger partial charge in [-0.05, 0) is 42.8 Å². The van der Waals surface area contributed by atoms with Crippen LogP contribution in [-0.2, 0) is 11.3 Å². The molecule has 0 aliphatic carbocycles. The van der Waals surface area contributed by atoms with Gasteiger partial charge in [0, 0.05) is 35.8 Å². The van der Waals surface area contributed by atoms with E-state index in [2.05, 4.69) is 0 Å². The number of benzene rings is 1. The first-order chi connectivity index (χ1) is 12.2. The van der Waals surface area contributed by atoms with Crippen molar-refractivity contribution in [3.8, 4) is 0 Å². The average molecular weight is 407 g/mol. The number of halogens is 4. The van der Waals surface area contributed by atoms with Crippen LogP contribution in [0.1, 0.15) is 11.6 Å². The summed E-state index contributed by atoms with van der Waals surface area (Å²) < 4.78 is 48.3. The van der Waals surface area contributed by atoms with E-state index in [9.17, 15) is 18.0 Å². The van der Waals surface area contributed by atoms with Gasteiger partial charge < -0.3 is 9.30 Å². The Bertz CT molecular complexity index is 781. The Morgan fingerprint density at radius 1 is 1.23 bits per heavy atom. The van der Waals surface area contributed by atoms with E-state index in [-0.39, 0.29) is 11.1 Å². The number of nitrogens with zero attached hydrogens (tertiary/aromatic N) is 2. The molecule has 26 heavy (non-hydrogen) atoms. The van der Waals surface area contributed by atoms with Crippen molar-refractivity contribution >= 4 is 23.5 Å². The molecule has 0 saturated heterocycles. The van der Waals surface area contributed by atoms with Crippen molar-refractivity contribution in [1.82, 2.24) is 8.87 Å². The number of pyridine rings is 1. The molecular formula is C17H18ClF3N2O2S. The van der Waals surface area contributed by atoms with Crippen LogP contribution < -0.4 is 5.56 Å². The maximum Gasteiger partial charge on any atom is 0.408 e. The number of ether oxygens (including phenoxy) is 1. The van der Waals surface area contributed by atoms with Gasteiger partial charge in [0.15, 0.2) is 0 Å². The third-order valence-electron chi connectivity index (χ3n) is 3.60. The van der Waals surface area contributed by atoms with E-state index in [4.69, 9.17) is 16.3 Å². The number of hydrogen-bond donors (Lipinski definition) is 0. The fraction of sp³-hybridized carbons (Fsp3) is 0.353. The largest absolute Gasteiger partial charge is 0.408 e. The van der Waals surface area contributed by atoms with E-state index in [1.165, 1.54) is 61.3 Å². The summed E-state index contributed by atoms with van der Waals surface area (Å²) in [6, 6.07) is 6.59. The standard InChI is InChI=1S/C17H18ClF3N2O2S/c1-22(16(17(19,20)21)12-3-5-13(18)6-4-12)26-14-7-8-15(24)23(11-14)9-10-25-2/h3-8,11,16H,9-10H2,1-2H3/t16-/m1/s1. The van der Waals surface area contributed by atoms with Crippen molar-refractivity contribution in [3.05, 3.63) is 63.5 Å². The molecule has 0 radical (unpaired) electrons. The first-order valence-electron chi connectivity index (χ1n) is 7.65. The molecule has 0 spiro atoms. The highest BCUT2D eigenvalue weighted by Gasteiger charge is 2.44. The molecule has 0 unspecified atom stereocenters. The van der Waals surface area contributed by atoms with Crippen LogP contribution in [0.4, 0.5) is 13.2 Å². The molecule has 0 amide bonds. The lowest BCUT2D eigenvalue weighted by molar-refractivity contribution is -0.169. The molecule has 2 rings (SSSR count). The quantitative estimate of drug-likeness (QED) is 0.639. The summed E-state index contributed by atoms with van der Waals surface area (Å²) in [6.45, 7) is 0.660. The maximum absolute atomic E-state index is 13.6. The van der Waals surface area contributed by atoms with E-state index >= 15 is 0 Å². The molecule has 0 fully saturated rings. The summed E-state index contributed by atoms with van der Waals surface area (Å²) in [5.41, 5.74) is -0.149. The Balaban J connectivity index is 2.25. The Labute approximate surface area is 158 Å². The number of aromatic nitrogens is 1. The van der Waals surface area contributed by atoms with Gasteiger partial charge in [0.25, 0.3) is 5.56 Å². The van der Waals surface area contributed by atoms with Crippen LogP contribution in [0.2, 0.25) is 5.02 Å². The number of rotatable bonds is 7. The Kier molecular flexibility index (Phi) is 7.16. The molecule has 142 valence electrons. The van der Waals surface area contributed by atoms with Crippen LogP contribution in [0.5, 0.6) is 0 Å². The summed E-state index contributed by atoms with van der Waals surface area (Å²) in [7, 11) is 2.87. The van der Waals surface area contributed by atoms with Crippen molar-refractivity contribution in [2.24, 2.45) is 0 Å². The molecule has 1 aromatic carbocycles. The van der Waals surface area contributed by atoms with Gasteiger partial charge in [-0.1, -0.05) is 23.7 Å². The van der Waals surface area contributed by atoms with Gasteiger partial charge >= 0.3 is 6.18 Å². The molecular weight excluding hydrogens is 389 g/mol. The summed E-state index contributed by atoms with van der Waals surface area (Å²) in [4.78, 5) is 12.3. The third-order valence-corrected chi connectivity index (χ3v) is 4.80. The minimum Gasteiger partial charge on any atom is -0.383 e. The summed E-state index contributed by atoms with van der Waals surface area (Å²) >= 11 is 6.68. The molecule has 0 aliphatic rings. The molecule has 0 N–H and O–H groups in total. The SMILES string of the molecule is COCCn1cc(SN(C)[C@H](c2ccc(Cl)cc2)C(F)(F)F)ccc1=O. The zero-order valence-corrected chi connectivity index (χ0v) is 15.7. The van der Waals surface area contributed by atoms with Gasteiger partial charge in [0.2, 0.25) is 0 Å². The first kappa shape index (κ1) is 20.8. The summed E-state index contributed by atoms with van der Waals surface area (Å²) in [6.07, 6.45) is -2.95. The molecule has 0 bridgehead atoms. The van der Waals surface area contributed by atoms with E-state index in [1.807, 2.05) is 0 Å². The van der Waals surface area contributed by atoms with E-state index < -0.39 is 12.2 Å². The van der Waals surface area contributed by atoms with Crippen molar-refractivity contribution in [1.29, 1.82) is 0 Å². The molecule has 1 heterocycles. The second kappa shape index (κ2) is 8.94. The van der Waals surface area contributed by atoms with Crippen molar-refractivity contribution in [2.45, 2.75) is 23.7 Å². The normalized spacial score (nSPS) is 13.2.